The molecule has 4 aliphatic rings. The summed E-state index contributed by atoms with van der Waals surface area (Å²) in [6, 6.07) is 5.63. The molecule has 3 aromatic rings. The van der Waals surface area contributed by atoms with E-state index >= 15 is 0 Å². The number of nitrogen functional groups attached to an aromatic ring is 1. The quantitative estimate of drug-likeness (QED) is 0.352. The first-order valence-electron chi connectivity index (χ1n) is 14.5. The van der Waals surface area contributed by atoms with Crippen molar-refractivity contribution in [3.63, 3.8) is 0 Å². The Morgan fingerprint density at radius 1 is 1.10 bits per heavy atom. The molecule has 3 fully saturated rings. The number of hydrogen-bond acceptors (Lipinski definition) is 8. The summed E-state index contributed by atoms with van der Waals surface area (Å²) in [5.74, 6) is 0.482. The zero-order valence-corrected chi connectivity index (χ0v) is 23.5. The third-order valence-electron chi connectivity index (χ3n) is 9.18. The van der Waals surface area contributed by atoms with Gasteiger partial charge in [0.25, 0.3) is 5.91 Å². The van der Waals surface area contributed by atoms with E-state index in [-0.39, 0.29) is 28.7 Å². The van der Waals surface area contributed by atoms with Crippen molar-refractivity contribution in [3.05, 3.63) is 41.1 Å². The van der Waals surface area contributed by atoms with E-state index < -0.39 is 21.3 Å². The van der Waals surface area contributed by atoms with E-state index in [1.54, 1.807) is 18.3 Å². The number of nitrogens with zero attached hydrogens (tertiary/aromatic N) is 4. The van der Waals surface area contributed by atoms with E-state index in [2.05, 4.69) is 17.3 Å². The molecule has 0 spiro atoms. The molecule has 10 nitrogen and oxygen atoms in total. The van der Waals surface area contributed by atoms with Crippen LogP contribution in [0, 0.1) is 5.92 Å². The average molecular weight is 565 g/mol. The maximum Gasteiger partial charge on any atom is 0.256 e. The van der Waals surface area contributed by atoms with Gasteiger partial charge < -0.3 is 15.7 Å². The molecule has 3 heterocycles. The number of carbonyl (C=O) groups is 1. The van der Waals surface area contributed by atoms with Crippen molar-refractivity contribution in [1.29, 1.82) is 0 Å². The zero-order valence-electron chi connectivity index (χ0n) is 22.7. The number of benzene rings is 1. The van der Waals surface area contributed by atoms with Gasteiger partial charge in [0.15, 0.2) is 21.3 Å². The van der Waals surface area contributed by atoms with Gasteiger partial charge in [-0.15, -0.1) is 5.10 Å². The highest BCUT2D eigenvalue weighted by Gasteiger charge is 2.43. The molecule has 1 unspecified atom stereocenters. The van der Waals surface area contributed by atoms with Crippen LogP contribution >= 0.6 is 0 Å². The lowest BCUT2D eigenvalue weighted by Crippen LogP contribution is -2.35. The van der Waals surface area contributed by atoms with Crippen molar-refractivity contribution in [3.8, 4) is 11.3 Å². The minimum atomic E-state index is -3.73. The predicted molar refractivity (Wildman–Crippen MR) is 150 cm³/mol. The molecular weight excluding hydrogens is 528 g/mol. The molecule has 3 saturated carbocycles. The number of aliphatic hydroxyl groups excluding tert-OH is 1. The fraction of sp³-hybridized carbons (Fsp3) is 0.552. The Kier molecular flexibility index (Phi) is 6.17. The van der Waals surface area contributed by atoms with Gasteiger partial charge in [0.05, 0.1) is 27.0 Å². The van der Waals surface area contributed by atoms with Crippen LogP contribution in [0.5, 0.6) is 0 Å². The van der Waals surface area contributed by atoms with Gasteiger partial charge >= 0.3 is 0 Å². The van der Waals surface area contributed by atoms with Crippen LogP contribution < -0.4 is 11.1 Å². The molecule has 1 aliphatic heterocycles. The first-order chi connectivity index (χ1) is 19.2. The van der Waals surface area contributed by atoms with Crippen molar-refractivity contribution < 1.29 is 18.3 Å². The van der Waals surface area contributed by atoms with Gasteiger partial charge in [0.2, 0.25) is 0 Å². The van der Waals surface area contributed by atoms with E-state index in [0.29, 0.717) is 53.3 Å². The van der Waals surface area contributed by atoms with Crippen LogP contribution in [0.25, 0.3) is 16.9 Å². The Balaban J connectivity index is 1.35. The number of anilines is 1. The molecule has 2 atom stereocenters. The standard InChI is InChI=1S/C29H36N6O4S/c1-16(17-7-8-17)34-15-19-13-18(14-23(24(19)29(34)37)40(38,39)21-5-3-2-4-6-21)22-11-12-35-27(32-22)25(26(30)33-35)28(36)31-20-9-10-20/h11-14,16-17,20-21,28,31,36H,2-10,15H2,1H3,(H2,30,33)/t16-,28?/m0/s1. The minimum Gasteiger partial charge on any atom is -0.382 e. The van der Waals surface area contributed by atoms with Gasteiger partial charge in [0.1, 0.15) is 6.23 Å². The zero-order chi connectivity index (χ0) is 27.8. The van der Waals surface area contributed by atoms with Gasteiger partial charge in [0, 0.05) is 30.4 Å². The van der Waals surface area contributed by atoms with Gasteiger partial charge in [-0.25, -0.2) is 17.9 Å². The molecule has 4 N–H and O–H groups in total. The largest absolute Gasteiger partial charge is 0.382 e. The molecule has 7 rings (SSSR count). The van der Waals surface area contributed by atoms with Crippen LogP contribution in [0.1, 0.15) is 92.4 Å². The summed E-state index contributed by atoms with van der Waals surface area (Å²) < 4.78 is 29.7. The van der Waals surface area contributed by atoms with E-state index in [0.717, 1.165) is 50.5 Å². The Hall–Kier alpha value is -3.02. The van der Waals surface area contributed by atoms with E-state index in [1.807, 2.05) is 11.0 Å². The van der Waals surface area contributed by atoms with Crippen LogP contribution in [0.2, 0.25) is 0 Å². The van der Waals surface area contributed by atoms with Crippen molar-refractivity contribution in [2.45, 2.75) is 99.7 Å². The van der Waals surface area contributed by atoms with E-state index in [1.165, 1.54) is 4.52 Å². The van der Waals surface area contributed by atoms with Crippen LogP contribution in [0.3, 0.4) is 0 Å². The normalized spacial score (nSPS) is 21.6. The highest BCUT2D eigenvalue weighted by atomic mass is 32.2. The number of carbonyl (C=O) groups excluding carboxylic acids is 1. The molecule has 40 heavy (non-hydrogen) atoms. The second-order valence-electron chi connectivity index (χ2n) is 12.0. The van der Waals surface area contributed by atoms with Crippen LogP contribution in [-0.2, 0) is 16.4 Å². The Labute approximate surface area is 233 Å². The SMILES string of the molecule is C[C@@H](C1CC1)N1Cc2cc(-c3ccn4nc(N)c(C(O)NC5CC5)c4n3)cc(S(=O)(=O)C3CCCCC3)c2C1=O. The molecule has 212 valence electrons. The fourth-order valence-electron chi connectivity index (χ4n) is 6.47. The number of rotatable bonds is 8. The van der Waals surface area contributed by atoms with E-state index in [9.17, 15) is 18.3 Å². The van der Waals surface area contributed by atoms with Crippen molar-refractivity contribution >= 4 is 27.2 Å². The Morgan fingerprint density at radius 2 is 1.85 bits per heavy atom. The average Bonchev–Trinajstić information content (AvgIpc) is 3.88. The van der Waals surface area contributed by atoms with Crippen molar-refractivity contribution in [1.82, 2.24) is 24.8 Å². The number of aromatic nitrogens is 3. The summed E-state index contributed by atoms with van der Waals surface area (Å²) >= 11 is 0. The molecule has 0 saturated heterocycles. The lowest BCUT2D eigenvalue weighted by molar-refractivity contribution is 0.0694. The summed E-state index contributed by atoms with van der Waals surface area (Å²) in [6.45, 7) is 2.46. The van der Waals surface area contributed by atoms with Gasteiger partial charge in [-0.3, -0.25) is 10.1 Å². The highest BCUT2D eigenvalue weighted by molar-refractivity contribution is 7.92. The third-order valence-corrected chi connectivity index (χ3v) is 11.5. The highest BCUT2D eigenvalue weighted by Crippen LogP contribution is 2.42. The van der Waals surface area contributed by atoms with Gasteiger partial charge in [-0.1, -0.05) is 19.3 Å². The molecule has 1 amide bonds. The maximum atomic E-state index is 14.1. The first-order valence-corrected chi connectivity index (χ1v) is 16.1. The number of fused-ring (bicyclic) bond motifs is 2. The van der Waals surface area contributed by atoms with Crippen LogP contribution in [0.4, 0.5) is 5.82 Å². The maximum absolute atomic E-state index is 14.1. The number of sulfone groups is 1. The predicted octanol–water partition coefficient (Wildman–Crippen LogP) is 3.58. The number of nitrogens with two attached hydrogens (primary N) is 1. The van der Waals surface area contributed by atoms with Crippen molar-refractivity contribution in [2.75, 3.05) is 5.73 Å². The summed E-state index contributed by atoms with van der Waals surface area (Å²) in [6.07, 6.45) is 8.94. The fourth-order valence-corrected chi connectivity index (χ4v) is 8.58. The lowest BCUT2D eigenvalue weighted by atomic mass is 10.0. The number of hydrogen-bond donors (Lipinski definition) is 3. The second-order valence-corrected chi connectivity index (χ2v) is 14.2. The van der Waals surface area contributed by atoms with Gasteiger partial charge in [-0.05, 0) is 75.1 Å². The van der Waals surface area contributed by atoms with Crippen molar-refractivity contribution in [2.24, 2.45) is 5.92 Å². The molecule has 0 radical (unpaired) electrons. The summed E-state index contributed by atoms with van der Waals surface area (Å²) in [4.78, 5) is 20.5. The smallest absolute Gasteiger partial charge is 0.256 e. The molecule has 0 bridgehead atoms. The third kappa shape index (κ3) is 4.38. The lowest BCUT2D eigenvalue weighted by Gasteiger charge is -2.25. The van der Waals surface area contributed by atoms with Crippen LogP contribution in [-0.4, -0.2) is 56.3 Å². The second kappa shape index (κ2) is 9.53. The summed E-state index contributed by atoms with van der Waals surface area (Å²) in [7, 11) is -3.73. The number of amides is 1. The Morgan fingerprint density at radius 3 is 2.55 bits per heavy atom. The Bertz CT molecular complexity index is 1600. The monoisotopic (exact) mass is 564 g/mol. The topological polar surface area (TPSA) is 143 Å². The van der Waals surface area contributed by atoms with Gasteiger partial charge in [-0.2, -0.15) is 0 Å². The van der Waals surface area contributed by atoms with Crippen LogP contribution in [0.15, 0.2) is 29.3 Å². The first kappa shape index (κ1) is 25.9. The number of nitrogens with one attached hydrogen (secondary N) is 1. The number of aliphatic hydroxyl groups is 1. The molecule has 1 aromatic carbocycles. The molecular formula is C29H36N6O4S. The molecule has 11 heteroatoms. The minimum absolute atomic E-state index is 0.0702. The van der Waals surface area contributed by atoms with E-state index in [4.69, 9.17) is 10.7 Å². The summed E-state index contributed by atoms with van der Waals surface area (Å²) in [5, 5.41) is 17.8. The summed E-state index contributed by atoms with van der Waals surface area (Å²) in [5.41, 5.74) is 9.22. The molecule has 3 aliphatic carbocycles. The molecule has 2 aromatic heterocycles.